The summed E-state index contributed by atoms with van der Waals surface area (Å²) in [5.41, 5.74) is 0. The van der Waals surface area contributed by atoms with Crippen molar-refractivity contribution >= 4 is 35.2 Å². The molecular weight excluding hydrogens is 403 g/mol. The molecule has 1 aromatic carbocycles. The summed E-state index contributed by atoms with van der Waals surface area (Å²) in [4.78, 5) is 26.7. The molecule has 2 fully saturated rings. The molecule has 3 rings (SSSR count). The summed E-state index contributed by atoms with van der Waals surface area (Å²) >= 11 is 7.42. The van der Waals surface area contributed by atoms with Crippen LogP contribution < -0.4 is 0 Å². The number of carbonyl (C=O) groups excluding carboxylic acids is 2. The number of hydrogen-bond donors (Lipinski definition) is 0. The number of amides is 1. The lowest BCUT2D eigenvalue weighted by molar-refractivity contribution is -0.173. The molecule has 148 valence electrons. The van der Waals surface area contributed by atoms with Crippen LogP contribution in [0, 0.1) is 17.7 Å². The second-order valence-corrected chi connectivity index (χ2v) is 8.55. The topological polar surface area (TPSA) is 46.6 Å². The Kier molecular flexibility index (Phi) is 5.96. The summed E-state index contributed by atoms with van der Waals surface area (Å²) in [6, 6.07) is 4.04. The number of benzene rings is 1. The van der Waals surface area contributed by atoms with Crippen LogP contribution in [-0.4, -0.2) is 47.6 Å². The first-order valence-corrected chi connectivity index (χ1v) is 9.91. The van der Waals surface area contributed by atoms with E-state index in [0.29, 0.717) is 17.7 Å². The first-order valence-electron chi connectivity index (χ1n) is 8.65. The highest BCUT2D eigenvalue weighted by Crippen LogP contribution is 2.45. The zero-order valence-corrected chi connectivity index (χ0v) is 16.2. The molecule has 1 saturated heterocycles. The van der Waals surface area contributed by atoms with E-state index in [1.165, 1.54) is 23.9 Å². The van der Waals surface area contributed by atoms with Crippen molar-refractivity contribution in [3.63, 3.8) is 0 Å². The van der Waals surface area contributed by atoms with Crippen LogP contribution in [0.1, 0.15) is 19.8 Å². The fourth-order valence-corrected chi connectivity index (χ4v) is 5.11. The number of carbonyl (C=O) groups is 2. The van der Waals surface area contributed by atoms with Crippen LogP contribution in [0.4, 0.5) is 13.2 Å². The van der Waals surface area contributed by atoms with Crippen molar-refractivity contribution in [1.29, 1.82) is 0 Å². The maximum absolute atomic E-state index is 13.2. The molecule has 1 saturated carbocycles. The Morgan fingerprint density at radius 1 is 1.30 bits per heavy atom. The monoisotopic (exact) mass is 421 g/mol. The summed E-state index contributed by atoms with van der Waals surface area (Å²) in [6.45, 7) is 0.628. The molecule has 0 spiro atoms. The number of esters is 1. The van der Waals surface area contributed by atoms with E-state index in [-0.39, 0.29) is 16.9 Å². The van der Waals surface area contributed by atoms with E-state index in [1.54, 1.807) is 13.0 Å². The largest absolute Gasteiger partial charge is 0.466 e. The molecule has 9 heteroatoms. The lowest BCUT2D eigenvalue weighted by Crippen LogP contribution is -2.60. The average molecular weight is 422 g/mol. The highest BCUT2D eigenvalue weighted by molar-refractivity contribution is 8.00. The zero-order chi connectivity index (χ0) is 19.8. The zero-order valence-electron chi connectivity index (χ0n) is 14.6. The van der Waals surface area contributed by atoms with Crippen molar-refractivity contribution in [3.8, 4) is 0 Å². The number of likely N-dealkylation sites (tertiary alicyclic amines) is 1. The first kappa shape index (κ1) is 20.3. The van der Waals surface area contributed by atoms with E-state index in [1.807, 2.05) is 0 Å². The predicted molar refractivity (Wildman–Crippen MR) is 95.4 cm³/mol. The Labute approximate surface area is 164 Å². The van der Waals surface area contributed by atoms with E-state index >= 15 is 0 Å². The Morgan fingerprint density at radius 3 is 2.56 bits per heavy atom. The van der Waals surface area contributed by atoms with Gasteiger partial charge in [-0.15, -0.1) is 11.8 Å². The minimum Gasteiger partial charge on any atom is -0.466 e. The highest BCUT2D eigenvalue weighted by Gasteiger charge is 2.52. The Hall–Kier alpha value is -1.41. The second-order valence-electron chi connectivity index (χ2n) is 6.80. The normalized spacial score (nSPS) is 26.6. The van der Waals surface area contributed by atoms with E-state index in [2.05, 4.69) is 0 Å². The van der Waals surface area contributed by atoms with Gasteiger partial charge < -0.3 is 9.64 Å². The maximum atomic E-state index is 13.2. The van der Waals surface area contributed by atoms with Gasteiger partial charge >= 0.3 is 5.97 Å². The van der Waals surface area contributed by atoms with Gasteiger partial charge in [-0.2, -0.15) is 0 Å². The molecule has 3 atom stereocenters. The molecule has 0 N–H and O–H groups in total. The fraction of sp³-hybridized carbons (Fsp3) is 0.556. The van der Waals surface area contributed by atoms with Crippen LogP contribution in [-0.2, 0) is 14.3 Å². The molecule has 1 aliphatic heterocycles. The number of nitrogens with zero attached hydrogens (tertiary/aromatic N) is 1. The number of alkyl halides is 2. The number of halogens is 4. The van der Waals surface area contributed by atoms with Gasteiger partial charge in [-0.05, 0) is 38.0 Å². The third-order valence-corrected chi connectivity index (χ3v) is 6.52. The quantitative estimate of drug-likeness (QED) is 0.674. The number of hydrogen-bond acceptors (Lipinski definition) is 4. The van der Waals surface area contributed by atoms with Crippen LogP contribution in [0.5, 0.6) is 0 Å². The van der Waals surface area contributed by atoms with E-state index in [0.717, 1.165) is 4.90 Å². The number of thioether (sulfide) groups is 1. The van der Waals surface area contributed by atoms with Crippen LogP contribution in [0.3, 0.4) is 0 Å². The average Bonchev–Trinajstić information content (AvgIpc) is 2.99. The molecule has 2 aliphatic rings. The second kappa shape index (κ2) is 7.91. The molecule has 1 aromatic rings. The summed E-state index contributed by atoms with van der Waals surface area (Å²) in [7, 11) is 0. The molecule has 1 aliphatic carbocycles. The van der Waals surface area contributed by atoms with Crippen molar-refractivity contribution < 1.29 is 27.5 Å². The maximum Gasteiger partial charge on any atom is 0.309 e. The van der Waals surface area contributed by atoms with Crippen molar-refractivity contribution in [1.82, 2.24) is 4.90 Å². The van der Waals surface area contributed by atoms with Crippen molar-refractivity contribution in [2.24, 2.45) is 11.8 Å². The van der Waals surface area contributed by atoms with Gasteiger partial charge in [-0.25, -0.2) is 13.2 Å². The van der Waals surface area contributed by atoms with Gasteiger partial charge in [-0.1, -0.05) is 11.6 Å². The smallest absolute Gasteiger partial charge is 0.309 e. The predicted octanol–water partition coefficient (Wildman–Crippen LogP) is 4.01. The summed E-state index contributed by atoms with van der Waals surface area (Å²) in [5, 5.41) is 0.128. The highest BCUT2D eigenvalue weighted by atomic mass is 35.5. The number of rotatable bonds is 5. The van der Waals surface area contributed by atoms with E-state index in [9.17, 15) is 22.8 Å². The van der Waals surface area contributed by atoms with Crippen LogP contribution in [0.25, 0.3) is 0 Å². The van der Waals surface area contributed by atoms with Crippen molar-refractivity contribution in [3.05, 3.63) is 29.0 Å². The Bertz CT molecular complexity index is 741. The minimum absolute atomic E-state index is 0.127. The Balaban J connectivity index is 1.73. The van der Waals surface area contributed by atoms with Gasteiger partial charge in [0.1, 0.15) is 5.82 Å². The minimum atomic E-state index is -2.86. The van der Waals surface area contributed by atoms with Crippen LogP contribution in [0.15, 0.2) is 23.1 Å². The first-order chi connectivity index (χ1) is 12.7. The standard InChI is InChI=1S/C18H19ClF3NO3S/c1-2-26-17(25)13-7-11(27-15-4-3-10(20)5-14(15)19)6-12(13)16(24)23-8-18(21,22)9-23/h3-5,11-13H,2,6-9H2,1H3. The molecule has 0 bridgehead atoms. The molecule has 1 heterocycles. The van der Waals surface area contributed by atoms with Gasteiger partial charge in [0, 0.05) is 10.1 Å². The number of ether oxygens (including phenoxy) is 1. The van der Waals surface area contributed by atoms with Gasteiger partial charge in [0.15, 0.2) is 0 Å². The summed E-state index contributed by atoms with van der Waals surface area (Å²) in [6.07, 6.45) is 0.723. The molecular formula is C18H19ClF3NO3S. The van der Waals surface area contributed by atoms with Gasteiger partial charge in [-0.3, -0.25) is 9.59 Å². The summed E-state index contributed by atoms with van der Waals surface area (Å²) < 4.78 is 44.5. The third kappa shape index (κ3) is 4.54. The van der Waals surface area contributed by atoms with Gasteiger partial charge in [0.25, 0.3) is 5.92 Å². The van der Waals surface area contributed by atoms with Crippen LogP contribution >= 0.6 is 23.4 Å². The fourth-order valence-electron chi connectivity index (χ4n) is 3.52. The third-order valence-electron chi connectivity index (χ3n) is 4.77. The van der Waals surface area contributed by atoms with Crippen LogP contribution in [0.2, 0.25) is 5.02 Å². The molecule has 0 aromatic heterocycles. The Morgan fingerprint density at radius 2 is 1.96 bits per heavy atom. The van der Waals surface area contributed by atoms with E-state index in [4.69, 9.17) is 16.3 Å². The molecule has 4 nitrogen and oxygen atoms in total. The lowest BCUT2D eigenvalue weighted by Gasteiger charge is -2.40. The molecule has 1 amide bonds. The van der Waals surface area contributed by atoms with Gasteiger partial charge in [0.2, 0.25) is 5.91 Å². The van der Waals surface area contributed by atoms with E-state index < -0.39 is 48.5 Å². The van der Waals surface area contributed by atoms with Crippen molar-refractivity contribution in [2.75, 3.05) is 19.7 Å². The SMILES string of the molecule is CCOC(=O)C1CC(Sc2ccc(F)cc2Cl)CC1C(=O)N1CC(F)(F)C1. The van der Waals surface area contributed by atoms with Gasteiger partial charge in [0.05, 0.1) is 36.6 Å². The van der Waals surface area contributed by atoms with Crippen molar-refractivity contribution in [2.45, 2.75) is 35.8 Å². The lowest BCUT2D eigenvalue weighted by atomic mass is 9.93. The molecule has 0 radical (unpaired) electrons. The summed E-state index contributed by atoms with van der Waals surface area (Å²) in [5.74, 6) is -5.61. The molecule has 3 unspecified atom stereocenters. The molecule has 27 heavy (non-hydrogen) atoms.